The molecule has 0 unspecified atom stereocenters. The van der Waals surface area contributed by atoms with Gasteiger partial charge in [0, 0.05) is 17.3 Å². The molecule has 0 aromatic heterocycles. The summed E-state index contributed by atoms with van der Waals surface area (Å²) in [6, 6.07) is 25.0. The quantitative estimate of drug-likeness (QED) is 0.594. The van der Waals surface area contributed by atoms with Crippen molar-refractivity contribution in [2.24, 2.45) is 0 Å². The lowest BCUT2D eigenvalue weighted by molar-refractivity contribution is 0.102. The van der Waals surface area contributed by atoms with E-state index in [0.717, 1.165) is 11.3 Å². The van der Waals surface area contributed by atoms with E-state index < -0.39 is 0 Å². The number of benzene rings is 3. The summed E-state index contributed by atoms with van der Waals surface area (Å²) < 4.78 is 0. The molecule has 0 bridgehead atoms. The molecule has 0 aliphatic carbocycles. The summed E-state index contributed by atoms with van der Waals surface area (Å²) >= 11 is 0. The Kier molecular flexibility index (Phi) is 5.00. The lowest BCUT2D eigenvalue weighted by Crippen LogP contribution is -2.13. The largest absolute Gasteiger partial charge is 0.397 e. The molecule has 0 fully saturated rings. The maximum atomic E-state index is 12.4. The summed E-state index contributed by atoms with van der Waals surface area (Å²) in [7, 11) is 0. The summed E-state index contributed by atoms with van der Waals surface area (Å²) in [4.78, 5) is 12.4. The molecule has 0 aliphatic rings. The van der Waals surface area contributed by atoms with Gasteiger partial charge in [0.1, 0.15) is 0 Å². The van der Waals surface area contributed by atoms with Gasteiger partial charge in [0.25, 0.3) is 5.91 Å². The molecule has 3 rings (SSSR count). The molecule has 0 spiro atoms. The smallest absolute Gasteiger partial charge is 0.255 e. The molecule has 25 heavy (non-hydrogen) atoms. The average Bonchev–Trinajstić information content (AvgIpc) is 2.64. The third-order valence-electron chi connectivity index (χ3n) is 4.04. The molecule has 3 aromatic carbocycles. The molecule has 126 valence electrons. The van der Waals surface area contributed by atoms with Gasteiger partial charge in [-0.3, -0.25) is 4.79 Å². The highest BCUT2D eigenvalue weighted by molar-refractivity contribution is 6.05. The maximum absolute atomic E-state index is 12.4. The van der Waals surface area contributed by atoms with Crippen LogP contribution >= 0.6 is 0 Å². The van der Waals surface area contributed by atoms with Crippen molar-refractivity contribution < 1.29 is 4.79 Å². The highest BCUT2D eigenvalue weighted by Crippen LogP contribution is 2.21. The molecule has 0 heterocycles. The van der Waals surface area contributed by atoms with Crippen LogP contribution in [0.3, 0.4) is 0 Å². The van der Waals surface area contributed by atoms with Crippen molar-refractivity contribution in [3.05, 3.63) is 90.0 Å². The fraction of sp³-hybridized carbons (Fsp3) is 0.0952. The molecular weight excluding hydrogens is 310 g/mol. The van der Waals surface area contributed by atoms with E-state index in [1.54, 1.807) is 12.1 Å². The van der Waals surface area contributed by atoms with E-state index in [4.69, 9.17) is 5.73 Å². The van der Waals surface area contributed by atoms with Crippen LogP contribution in [0.25, 0.3) is 0 Å². The van der Waals surface area contributed by atoms with E-state index >= 15 is 0 Å². The Morgan fingerprint density at radius 3 is 2.20 bits per heavy atom. The van der Waals surface area contributed by atoms with Crippen LogP contribution in [0.15, 0.2) is 78.9 Å². The SMILES string of the molecule is C[C@@H](Nc1ccccc1)c1ccc(C(=O)Nc2ccccc2N)cc1. The minimum absolute atomic E-state index is 0.143. The number of anilines is 3. The average molecular weight is 331 g/mol. The number of hydrogen-bond donors (Lipinski definition) is 3. The summed E-state index contributed by atoms with van der Waals surface area (Å²) in [6.45, 7) is 2.09. The van der Waals surface area contributed by atoms with E-state index in [-0.39, 0.29) is 11.9 Å². The first-order valence-corrected chi connectivity index (χ1v) is 8.21. The monoisotopic (exact) mass is 331 g/mol. The van der Waals surface area contributed by atoms with Crippen LogP contribution in [0.5, 0.6) is 0 Å². The molecule has 0 saturated heterocycles. The first-order valence-electron chi connectivity index (χ1n) is 8.21. The van der Waals surface area contributed by atoms with Crippen molar-refractivity contribution in [1.29, 1.82) is 0 Å². The molecule has 0 saturated carbocycles. The van der Waals surface area contributed by atoms with Gasteiger partial charge >= 0.3 is 0 Å². The molecular formula is C21H21N3O. The Bertz CT molecular complexity index is 845. The second-order valence-corrected chi connectivity index (χ2v) is 5.90. The number of nitrogens with two attached hydrogens (primary N) is 1. The predicted molar refractivity (Wildman–Crippen MR) is 104 cm³/mol. The van der Waals surface area contributed by atoms with Crippen LogP contribution in [0, 0.1) is 0 Å². The number of nitrogens with one attached hydrogen (secondary N) is 2. The molecule has 1 atom stereocenters. The standard InChI is InChI=1S/C21H21N3O/c1-15(23-18-7-3-2-4-8-18)16-11-13-17(14-12-16)21(25)24-20-10-6-5-9-19(20)22/h2-15,23H,22H2,1H3,(H,24,25)/t15-/m1/s1. The lowest BCUT2D eigenvalue weighted by atomic mass is 10.1. The second kappa shape index (κ2) is 7.53. The number of para-hydroxylation sites is 3. The predicted octanol–water partition coefficient (Wildman–Crippen LogP) is 4.69. The van der Waals surface area contributed by atoms with E-state index in [1.165, 1.54) is 0 Å². The zero-order valence-corrected chi connectivity index (χ0v) is 14.1. The molecule has 0 radical (unpaired) electrons. The summed E-state index contributed by atoms with van der Waals surface area (Å²) in [5.74, 6) is -0.173. The number of amides is 1. The maximum Gasteiger partial charge on any atom is 0.255 e. The first-order chi connectivity index (χ1) is 12.1. The van der Waals surface area contributed by atoms with Gasteiger partial charge in [-0.25, -0.2) is 0 Å². The van der Waals surface area contributed by atoms with Crippen molar-refractivity contribution in [2.45, 2.75) is 13.0 Å². The Balaban J connectivity index is 1.67. The third kappa shape index (κ3) is 4.18. The highest BCUT2D eigenvalue weighted by Gasteiger charge is 2.10. The zero-order chi connectivity index (χ0) is 17.6. The zero-order valence-electron chi connectivity index (χ0n) is 14.1. The van der Waals surface area contributed by atoms with Crippen molar-refractivity contribution in [1.82, 2.24) is 0 Å². The molecule has 4 heteroatoms. The number of rotatable bonds is 5. The van der Waals surface area contributed by atoms with Crippen LogP contribution in [0.1, 0.15) is 28.9 Å². The van der Waals surface area contributed by atoms with Crippen LogP contribution in [0.4, 0.5) is 17.1 Å². The van der Waals surface area contributed by atoms with Crippen LogP contribution in [0.2, 0.25) is 0 Å². The van der Waals surface area contributed by atoms with Gasteiger partial charge in [-0.1, -0.05) is 42.5 Å². The fourth-order valence-electron chi connectivity index (χ4n) is 2.60. The number of carbonyl (C=O) groups excluding carboxylic acids is 1. The van der Waals surface area contributed by atoms with Gasteiger partial charge in [0.05, 0.1) is 11.4 Å². The van der Waals surface area contributed by atoms with E-state index in [0.29, 0.717) is 16.9 Å². The second-order valence-electron chi connectivity index (χ2n) is 5.90. The minimum atomic E-state index is -0.173. The Morgan fingerprint density at radius 2 is 1.52 bits per heavy atom. The fourth-order valence-corrected chi connectivity index (χ4v) is 2.60. The van der Waals surface area contributed by atoms with Crippen molar-refractivity contribution in [3.8, 4) is 0 Å². The third-order valence-corrected chi connectivity index (χ3v) is 4.04. The van der Waals surface area contributed by atoms with Crippen molar-refractivity contribution >= 4 is 23.0 Å². The number of hydrogen-bond acceptors (Lipinski definition) is 3. The van der Waals surface area contributed by atoms with E-state index in [9.17, 15) is 4.79 Å². The first kappa shape index (κ1) is 16.6. The van der Waals surface area contributed by atoms with Crippen molar-refractivity contribution in [2.75, 3.05) is 16.4 Å². The normalized spacial score (nSPS) is 11.6. The molecule has 4 N–H and O–H groups in total. The summed E-state index contributed by atoms with van der Waals surface area (Å²) in [5.41, 5.74) is 9.80. The van der Waals surface area contributed by atoms with E-state index in [2.05, 4.69) is 17.6 Å². The Morgan fingerprint density at radius 1 is 0.880 bits per heavy atom. The van der Waals surface area contributed by atoms with Crippen LogP contribution in [-0.2, 0) is 0 Å². The Labute approximate surface area is 147 Å². The molecule has 3 aromatic rings. The summed E-state index contributed by atoms with van der Waals surface area (Å²) in [6.07, 6.45) is 0. The van der Waals surface area contributed by atoms with Crippen molar-refractivity contribution in [3.63, 3.8) is 0 Å². The number of carbonyl (C=O) groups is 1. The highest BCUT2D eigenvalue weighted by atomic mass is 16.1. The summed E-state index contributed by atoms with van der Waals surface area (Å²) in [5, 5.41) is 6.27. The number of nitrogen functional groups attached to an aromatic ring is 1. The van der Waals surface area contributed by atoms with Gasteiger partial charge in [-0.05, 0) is 48.9 Å². The molecule has 0 aliphatic heterocycles. The topological polar surface area (TPSA) is 67.2 Å². The van der Waals surface area contributed by atoms with Gasteiger partial charge in [0.15, 0.2) is 0 Å². The lowest BCUT2D eigenvalue weighted by Gasteiger charge is -2.16. The molecule has 4 nitrogen and oxygen atoms in total. The van der Waals surface area contributed by atoms with Gasteiger partial charge in [-0.15, -0.1) is 0 Å². The van der Waals surface area contributed by atoms with Gasteiger partial charge in [0.2, 0.25) is 0 Å². The van der Waals surface area contributed by atoms with Gasteiger partial charge in [-0.2, -0.15) is 0 Å². The Hall–Kier alpha value is -3.27. The van der Waals surface area contributed by atoms with E-state index in [1.807, 2.05) is 66.7 Å². The minimum Gasteiger partial charge on any atom is -0.397 e. The van der Waals surface area contributed by atoms with Gasteiger partial charge < -0.3 is 16.4 Å². The van der Waals surface area contributed by atoms with Crippen LogP contribution < -0.4 is 16.4 Å². The van der Waals surface area contributed by atoms with Crippen LogP contribution in [-0.4, -0.2) is 5.91 Å². The molecule has 1 amide bonds.